The fraction of sp³-hybridized carbons (Fsp3) is 0.909. The highest BCUT2D eigenvalue weighted by atomic mass is 16.2. The van der Waals surface area contributed by atoms with E-state index in [4.69, 9.17) is 0 Å². The molecule has 1 saturated heterocycles. The summed E-state index contributed by atoms with van der Waals surface area (Å²) in [6, 6.07) is 0.320. The van der Waals surface area contributed by atoms with Gasteiger partial charge in [0.05, 0.1) is 5.92 Å². The van der Waals surface area contributed by atoms with Crippen molar-refractivity contribution >= 4 is 5.91 Å². The molecular weight excluding hydrogens is 176 g/mol. The Morgan fingerprint density at radius 1 is 1.57 bits per heavy atom. The van der Waals surface area contributed by atoms with E-state index in [1.54, 1.807) is 0 Å². The zero-order valence-electron chi connectivity index (χ0n) is 9.47. The maximum absolute atomic E-state index is 11.8. The van der Waals surface area contributed by atoms with Crippen molar-refractivity contribution in [2.75, 3.05) is 13.1 Å². The van der Waals surface area contributed by atoms with E-state index >= 15 is 0 Å². The Bertz CT molecular complexity index is 194. The van der Waals surface area contributed by atoms with Crippen LogP contribution in [0, 0.1) is 11.8 Å². The predicted molar refractivity (Wildman–Crippen MR) is 58.0 cm³/mol. The summed E-state index contributed by atoms with van der Waals surface area (Å²) < 4.78 is 0. The Balaban J connectivity index is 2.33. The monoisotopic (exact) mass is 198 g/mol. The number of nitrogens with one attached hydrogen (secondary N) is 2. The molecule has 0 saturated carbocycles. The number of rotatable bonds is 4. The second-order valence-electron chi connectivity index (χ2n) is 4.44. The highest BCUT2D eigenvalue weighted by molar-refractivity contribution is 5.79. The molecule has 3 heteroatoms. The number of amides is 1. The third-order valence-electron chi connectivity index (χ3n) is 2.96. The number of carbonyl (C=O) groups excluding carboxylic acids is 1. The maximum Gasteiger partial charge on any atom is 0.224 e. The van der Waals surface area contributed by atoms with Crippen molar-refractivity contribution < 1.29 is 4.79 Å². The molecule has 1 aliphatic heterocycles. The maximum atomic E-state index is 11.8. The van der Waals surface area contributed by atoms with E-state index < -0.39 is 0 Å². The third kappa shape index (κ3) is 2.98. The van der Waals surface area contributed by atoms with Crippen molar-refractivity contribution in [3.63, 3.8) is 0 Å². The first kappa shape index (κ1) is 11.5. The van der Waals surface area contributed by atoms with Gasteiger partial charge in [-0.05, 0) is 25.8 Å². The zero-order valence-corrected chi connectivity index (χ0v) is 9.47. The summed E-state index contributed by atoms with van der Waals surface area (Å²) in [4.78, 5) is 11.8. The lowest BCUT2D eigenvalue weighted by Crippen LogP contribution is -2.39. The smallest absolute Gasteiger partial charge is 0.224 e. The largest absolute Gasteiger partial charge is 0.353 e. The van der Waals surface area contributed by atoms with Crippen LogP contribution in [-0.4, -0.2) is 25.0 Å². The molecule has 0 aromatic carbocycles. The van der Waals surface area contributed by atoms with Gasteiger partial charge in [0.2, 0.25) is 5.91 Å². The molecule has 14 heavy (non-hydrogen) atoms. The summed E-state index contributed by atoms with van der Waals surface area (Å²) >= 11 is 0. The van der Waals surface area contributed by atoms with Crippen LogP contribution in [0.5, 0.6) is 0 Å². The summed E-state index contributed by atoms with van der Waals surface area (Å²) in [5.41, 5.74) is 0. The summed E-state index contributed by atoms with van der Waals surface area (Å²) in [7, 11) is 0. The van der Waals surface area contributed by atoms with Gasteiger partial charge in [-0.25, -0.2) is 0 Å². The fourth-order valence-corrected chi connectivity index (χ4v) is 2.02. The number of carbonyl (C=O) groups is 1. The Morgan fingerprint density at radius 3 is 2.79 bits per heavy atom. The Hall–Kier alpha value is -0.570. The summed E-state index contributed by atoms with van der Waals surface area (Å²) in [5.74, 6) is 0.876. The zero-order chi connectivity index (χ0) is 10.6. The van der Waals surface area contributed by atoms with Gasteiger partial charge in [-0.1, -0.05) is 20.3 Å². The molecule has 1 heterocycles. The third-order valence-corrected chi connectivity index (χ3v) is 2.96. The van der Waals surface area contributed by atoms with E-state index in [0.29, 0.717) is 12.0 Å². The quantitative estimate of drug-likeness (QED) is 0.711. The van der Waals surface area contributed by atoms with Crippen LogP contribution in [0.15, 0.2) is 0 Å². The van der Waals surface area contributed by atoms with Gasteiger partial charge in [0.15, 0.2) is 0 Å². The van der Waals surface area contributed by atoms with Crippen LogP contribution in [0.3, 0.4) is 0 Å². The molecule has 1 amide bonds. The Kier molecular flexibility index (Phi) is 4.39. The van der Waals surface area contributed by atoms with Crippen LogP contribution >= 0.6 is 0 Å². The minimum atomic E-state index is 0.175. The highest BCUT2D eigenvalue weighted by Crippen LogP contribution is 2.16. The molecular formula is C11H22N2O. The molecule has 1 fully saturated rings. The molecule has 0 radical (unpaired) electrons. The average molecular weight is 198 g/mol. The molecule has 1 rings (SSSR count). The van der Waals surface area contributed by atoms with Gasteiger partial charge in [-0.2, -0.15) is 0 Å². The minimum Gasteiger partial charge on any atom is -0.353 e. The van der Waals surface area contributed by atoms with Crippen LogP contribution in [0.2, 0.25) is 0 Å². The molecule has 82 valence electrons. The van der Waals surface area contributed by atoms with Crippen molar-refractivity contribution in [2.24, 2.45) is 11.8 Å². The molecule has 0 aromatic rings. The average Bonchev–Trinajstić information content (AvgIpc) is 2.51. The highest BCUT2D eigenvalue weighted by Gasteiger charge is 2.29. The van der Waals surface area contributed by atoms with Gasteiger partial charge in [-0.15, -0.1) is 0 Å². The SMILES string of the molecule is CCCC(C)NC(=O)[C@@H]1CNC[C@H]1C. The molecule has 0 spiro atoms. The van der Waals surface area contributed by atoms with Gasteiger partial charge < -0.3 is 10.6 Å². The van der Waals surface area contributed by atoms with Gasteiger partial charge in [0.25, 0.3) is 0 Å². The summed E-state index contributed by atoms with van der Waals surface area (Å²) in [5, 5.41) is 6.32. The van der Waals surface area contributed by atoms with Crippen LogP contribution in [0.4, 0.5) is 0 Å². The van der Waals surface area contributed by atoms with Crippen molar-refractivity contribution in [1.82, 2.24) is 10.6 Å². The van der Waals surface area contributed by atoms with Crippen LogP contribution in [-0.2, 0) is 4.79 Å². The van der Waals surface area contributed by atoms with E-state index in [2.05, 4.69) is 31.4 Å². The van der Waals surface area contributed by atoms with Crippen molar-refractivity contribution in [2.45, 2.75) is 39.7 Å². The summed E-state index contributed by atoms with van der Waals surface area (Å²) in [6.45, 7) is 8.16. The van der Waals surface area contributed by atoms with Crippen molar-refractivity contribution in [1.29, 1.82) is 0 Å². The van der Waals surface area contributed by atoms with Gasteiger partial charge >= 0.3 is 0 Å². The first-order chi connectivity index (χ1) is 6.65. The normalized spacial score (nSPS) is 28.8. The lowest BCUT2D eigenvalue weighted by Gasteiger charge is -2.18. The minimum absolute atomic E-state index is 0.175. The lowest BCUT2D eigenvalue weighted by molar-refractivity contribution is -0.126. The van der Waals surface area contributed by atoms with Gasteiger partial charge in [0.1, 0.15) is 0 Å². The number of hydrogen-bond acceptors (Lipinski definition) is 2. The molecule has 1 aliphatic rings. The molecule has 2 N–H and O–H groups in total. The molecule has 3 nitrogen and oxygen atoms in total. The van der Waals surface area contributed by atoms with E-state index in [1.807, 2.05) is 0 Å². The number of hydrogen-bond donors (Lipinski definition) is 2. The van der Waals surface area contributed by atoms with Gasteiger partial charge in [-0.3, -0.25) is 4.79 Å². The molecule has 0 bridgehead atoms. The van der Waals surface area contributed by atoms with Crippen molar-refractivity contribution in [3.05, 3.63) is 0 Å². The van der Waals surface area contributed by atoms with Gasteiger partial charge in [0, 0.05) is 12.6 Å². The van der Waals surface area contributed by atoms with E-state index in [-0.39, 0.29) is 11.8 Å². The standard InChI is InChI=1S/C11H22N2O/c1-4-5-9(3)13-11(14)10-7-12-6-8(10)2/h8-10,12H,4-7H2,1-3H3,(H,13,14)/t8-,9?,10-/m1/s1. The van der Waals surface area contributed by atoms with E-state index in [1.165, 1.54) is 0 Å². The van der Waals surface area contributed by atoms with Crippen LogP contribution < -0.4 is 10.6 Å². The first-order valence-electron chi connectivity index (χ1n) is 5.66. The lowest BCUT2D eigenvalue weighted by atomic mass is 9.97. The second-order valence-corrected chi connectivity index (χ2v) is 4.44. The molecule has 3 atom stereocenters. The van der Waals surface area contributed by atoms with Crippen molar-refractivity contribution in [3.8, 4) is 0 Å². The first-order valence-corrected chi connectivity index (χ1v) is 5.66. The molecule has 0 aromatic heterocycles. The Labute approximate surface area is 86.6 Å². The second kappa shape index (κ2) is 5.35. The topological polar surface area (TPSA) is 41.1 Å². The molecule has 1 unspecified atom stereocenters. The molecule has 0 aliphatic carbocycles. The van der Waals surface area contributed by atoms with E-state index in [9.17, 15) is 4.79 Å². The predicted octanol–water partition coefficient (Wildman–Crippen LogP) is 1.15. The van der Waals surface area contributed by atoms with Crippen LogP contribution in [0.25, 0.3) is 0 Å². The Morgan fingerprint density at radius 2 is 2.29 bits per heavy atom. The van der Waals surface area contributed by atoms with E-state index in [0.717, 1.165) is 25.9 Å². The van der Waals surface area contributed by atoms with Crippen LogP contribution in [0.1, 0.15) is 33.6 Å². The fourth-order valence-electron chi connectivity index (χ4n) is 2.02. The summed E-state index contributed by atoms with van der Waals surface area (Å²) in [6.07, 6.45) is 2.19.